The number of amides is 1. The topological polar surface area (TPSA) is 132 Å². The van der Waals surface area contributed by atoms with Gasteiger partial charge in [0.15, 0.2) is 0 Å². The van der Waals surface area contributed by atoms with Crippen molar-refractivity contribution in [3.8, 4) is 5.75 Å². The quantitative estimate of drug-likeness (QED) is 0.337. The van der Waals surface area contributed by atoms with Crippen LogP contribution in [-0.4, -0.2) is 38.2 Å². The van der Waals surface area contributed by atoms with Gasteiger partial charge in [-0.3, -0.25) is 24.9 Å². The molecule has 2 heterocycles. The number of aliphatic hydroxyl groups is 1. The number of carbonyl (C=O) groups is 1. The zero-order valence-corrected chi connectivity index (χ0v) is 20.9. The highest BCUT2D eigenvalue weighted by Gasteiger charge is 2.15. The lowest BCUT2D eigenvalue weighted by atomic mass is 10.2. The van der Waals surface area contributed by atoms with Crippen LogP contribution in [0, 0.1) is 18.6 Å². The normalized spacial score (nSPS) is 11.6. The Labute approximate surface area is 213 Å². The minimum atomic E-state index is -0.889. The van der Waals surface area contributed by atoms with Crippen LogP contribution < -0.4 is 21.3 Å². The number of aliphatic hydroxyl groups excluding tert-OH is 1. The molecule has 0 fully saturated rings. The summed E-state index contributed by atoms with van der Waals surface area (Å²) in [6.45, 7) is 1.41. The van der Waals surface area contributed by atoms with Crippen LogP contribution in [0.1, 0.15) is 22.6 Å². The monoisotopic (exact) mass is 573 g/mol. The molecular formula is C22H23BrClF2N5O4. The van der Waals surface area contributed by atoms with Gasteiger partial charge >= 0.3 is 0 Å². The molecule has 0 aliphatic rings. The molecule has 1 atom stereocenters. The number of nitrogens with one attached hydrogen (secondary N) is 1. The number of halogens is 4. The minimum absolute atomic E-state index is 0. The van der Waals surface area contributed by atoms with Gasteiger partial charge in [-0.15, -0.1) is 12.4 Å². The molecule has 188 valence electrons. The first-order valence-corrected chi connectivity index (χ1v) is 10.9. The van der Waals surface area contributed by atoms with Crippen LogP contribution in [0.15, 0.2) is 45.9 Å². The first kappa shape index (κ1) is 28.3. The lowest BCUT2D eigenvalue weighted by molar-refractivity contribution is -0.120. The first-order chi connectivity index (χ1) is 16.2. The van der Waals surface area contributed by atoms with Crippen molar-refractivity contribution in [3.63, 3.8) is 0 Å². The van der Waals surface area contributed by atoms with E-state index in [-0.39, 0.29) is 53.4 Å². The molecule has 0 unspecified atom stereocenters. The number of aryl methyl sites for hydroxylation is 1. The third-order valence-electron chi connectivity index (χ3n) is 4.95. The van der Waals surface area contributed by atoms with Crippen molar-refractivity contribution in [2.24, 2.45) is 5.73 Å². The number of nitrogens with two attached hydrogens (primary N) is 1. The van der Waals surface area contributed by atoms with E-state index in [0.717, 1.165) is 12.1 Å². The number of nitrogens with zero attached hydrogens (tertiary/aromatic N) is 3. The van der Waals surface area contributed by atoms with Crippen LogP contribution in [0.4, 0.5) is 8.78 Å². The number of aromatic nitrogens is 3. The predicted molar refractivity (Wildman–Crippen MR) is 129 cm³/mol. The molecule has 4 N–H and O–H groups in total. The summed E-state index contributed by atoms with van der Waals surface area (Å²) < 4.78 is 34.1. The second-order valence-electron chi connectivity index (χ2n) is 7.40. The van der Waals surface area contributed by atoms with Gasteiger partial charge in [0.1, 0.15) is 34.5 Å². The van der Waals surface area contributed by atoms with E-state index in [1.807, 2.05) is 0 Å². The summed E-state index contributed by atoms with van der Waals surface area (Å²) in [5.41, 5.74) is 6.54. The van der Waals surface area contributed by atoms with Crippen molar-refractivity contribution in [2.45, 2.75) is 32.7 Å². The molecule has 0 aliphatic heterocycles. The maximum absolute atomic E-state index is 13.8. The van der Waals surface area contributed by atoms with E-state index < -0.39 is 30.2 Å². The molecule has 9 nitrogen and oxygen atoms in total. The standard InChI is InChI=1S/C22H22BrF2N5O4.ClH/c1-12-4-19(34-11-13-2-3-14(24)5-17(13)25)20(23)22(33)30(12)9-16-8-27-15(6-28-16)7-29-18(10-31)21(26)32;/h2-6,8,18,29,31H,7,9-11H2,1H3,(H2,26,32);1H/t18-;/m1./s1. The number of hydrogen-bond donors (Lipinski definition) is 3. The second-order valence-corrected chi connectivity index (χ2v) is 8.19. The summed E-state index contributed by atoms with van der Waals surface area (Å²) in [5, 5.41) is 11.9. The molecule has 3 aromatic rings. The van der Waals surface area contributed by atoms with Gasteiger partial charge in [0.25, 0.3) is 5.56 Å². The summed E-state index contributed by atoms with van der Waals surface area (Å²) in [7, 11) is 0. The summed E-state index contributed by atoms with van der Waals surface area (Å²) in [6, 6.07) is 3.91. The molecule has 35 heavy (non-hydrogen) atoms. The van der Waals surface area contributed by atoms with Crippen molar-refractivity contribution in [1.29, 1.82) is 0 Å². The van der Waals surface area contributed by atoms with Crippen LogP contribution in [-0.2, 0) is 24.5 Å². The molecule has 1 amide bonds. The lowest BCUT2D eigenvalue weighted by Gasteiger charge is -2.15. The number of pyridine rings is 1. The first-order valence-electron chi connectivity index (χ1n) is 10.1. The van der Waals surface area contributed by atoms with Crippen molar-refractivity contribution in [2.75, 3.05) is 6.61 Å². The molecule has 0 saturated heterocycles. The van der Waals surface area contributed by atoms with Crippen molar-refractivity contribution in [1.82, 2.24) is 19.9 Å². The van der Waals surface area contributed by atoms with Crippen LogP contribution >= 0.6 is 28.3 Å². The van der Waals surface area contributed by atoms with Gasteiger partial charge in [0, 0.05) is 29.9 Å². The van der Waals surface area contributed by atoms with E-state index in [4.69, 9.17) is 15.6 Å². The van der Waals surface area contributed by atoms with E-state index in [1.165, 1.54) is 23.0 Å². The molecule has 3 rings (SSSR count). The number of benzene rings is 1. The molecule has 0 radical (unpaired) electrons. The highest BCUT2D eigenvalue weighted by Crippen LogP contribution is 2.24. The van der Waals surface area contributed by atoms with Crippen LogP contribution in [0.25, 0.3) is 0 Å². The van der Waals surface area contributed by atoms with E-state index in [1.54, 1.807) is 13.0 Å². The SMILES string of the molecule is Cc1cc(OCc2ccc(F)cc2F)c(Br)c(=O)n1Cc1cnc(CN[C@H](CO)C(N)=O)cn1.Cl. The maximum atomic E-state index is 13.8. The number of ether oxygens (including phenoxy) is 1. The molecule has 0 saturated carbocycles. The lowest BCUT2D eigenvalue weighted by Crippen LogP contribution is -2.43. The van der Waals surface area contributed by atoms with Gasteiger partial charge in [-0.2, -0.15) is 0 Å². The third-order valence-corrected chi connectivity index (χ3v) is 5.68. The Bertz CT molecular complexity index is 1240. The Morgan fingerprint density at radius 3 is 2.54 bits per heavy atom. The highest BCUT2D eigenvalue weighted by molar-refractivity contribution is 9.10. The summed E-state index contributed by atoms with van der Waals surface area (Å²) in [6.07, 6.45) is 2.98. The number of rotatable bonds is 10. The smallest absolute Gasteiger partial charge is 0.269 e. The Kier molecular flexibility index (Phi) is 10.3. The fraction of sp³-hybridized carbons (Fsp3) is 0.273. The summed E-state index contributed by atoms with van der Waals surface area (Å²) >= 11 is 3.23. The second kappa shape index (κ2) is 12.7. The van der Waals surface area contributed by atoms with Gasteiger partial charge in [0.2, 0.25) is 5.91 Å². The molecule has 1 aromatic carbocycles. The number of primary amides is 1. The van der Waals surface area contributed by atoms with E-state index in [2.05, 4.69) is 31.2 Å². The average molecular weight is 575 g/mol. The zero-order chi connectivity index (χ0) is 24.8. The molecule has 13 heteroatoms. The van der Waals surface area contributed by atoms with Gasteiger partial charge in [-0.25, -0.2) is 8.78 Å². The molecule has 2 aromatic heterocycles. The Morgan fingerprint density at radius 1 is 1.26 bits per heavy atom. The van der Waals surface area contributed by atoms with Gasteiger partial charge in [-0.1, -0.05) is 0 Å². The van der Waals surface area contributed by atoms with Crippen LogP contribution in [0.2, 0.25) is 0 Å². The minimum Gasteiger partial charge on any atom is -0.487 e. The van der Waals surface area contributed by atoms with Crippen molar-refractivity contribution in [3.05, 3.63) is 85.8 Å². The van der Waals surface area contributed by atoms with Crippen LogP contribution in [0.5, 0.6) is 5.75 Å². The Morgan fingerprint density at radius 2 is 1.94 bits per heavy atom. The van der Waals surface area contributed by atoms with Gasteiger partial charge in [-0.05, 0) is 35.0 Å². The Balaban J connectivity index is 0.00000432. The fourth-order valence-electron chi connectivity index (χ4n) is 3.01. The molecule has 0 spiro atoms. The van der Waals surface area contributed by atoms with Crippen molar-refractivity contribution >= 4 is 34.2 Å². The van der Waals surface area contributed by atoms with E-state index in [0.29, 0.717) is 17.1 Å². The highest BCUT2D eigenvalue weighted by atomic mass is 79.9. The summed E-state index contributed by atoms with van der Waals surface area (Å²) in [5.74, 6) is -1.88. The molecular weight excluding hydrogens is 552 g/mol. The third kappa shape index (κ3) is 7.28. The van der Waals surface area contributed by atoms with Gasteiger partial charge in [0.05, 0.1) is 36.9 Å². The summed E-state index contributed by atoms with van der Waals surface area (Å²) in [4.78, 5) is 32.6. The average Bonchev–Trinajstić information content (AvgIpc) is 2.80. The molecule has 0 aliphatic carbocycles. The molecule has 0 bridgehead atoms. The van der Waals surface area contributed by atoms with Gasteiger partial charge < -0.3 is 20.1 Å². The van der Waals surface area contributed by atoms with Crippen LogP contribution in [0.3, 0.4) is 0 Å². The number of hydrogen-bond acceptors (Lipinski definition) is 7. The van der Waals surface area contributed by atoms with E-state index in [9.17, 15) is 18.4 Å². The van der Waals surface area contributed by atoms with Crippen molar-refractivity contribution < 1.29 is 23.4 Å². The maximum Gasteiger partial charge on any atom is 0.269 e. The zero-order valence-electron chi connectivity index (χ0n) is 18.5. The predicted octanol–water partition coefficient (Wildman–Crippen LogP) is 1.97. The largest absolute Gasteiger partial charge is 0.487 e. The fourth-order valence-corrected chi connectivity index (χ4v) is 3.45. The number of carbonyl (C=O) groups excluding carboxylic acids is 1. The van der Waals surface area contributed by atoms with E-state index >= 15 is 0 Å². The Hall–Kier alpha value is -2.93.